The van der Waals surface area contributed by atoms with Gasteiger partial charge in [0, 0.05) is 5.69 Å². The maximum absolute atomic E-state index is 13.4. The molecule has 4 rings (SSSR count). The van der Waals surface area contributed by atoms with Crippen molar-refractivity contribution in [3.05, 3.63) is 98.9 Å². The Kier molecular flexibility index (Phi) is 8.11. The zero-order chi connectivity index (χ0) is 26.5. The van der Waals surface area contributed by atoms with Crippen LogP contribution in [0.5, 0.6) is 5.75 Å². The molecule has 0 radical (unpaired) electrons. The number of hydrogen-bond donors (Lipinski definition) is 2. The molecule has 190 valence electrons. The lowest BCUT2D eigenvalue weighted by molar-refractivity contribution is -0.127. The Balaban J connectivity index is 1.44. The minimum absolute atomic E-state index is 0.0349. The highest BCUT2D eigenvalue weighted by atomic mass is 35.5. The van der Waals surface area contributed by atoms with Crippen LogP contribution in [0.25, 0.3) is 6.08 Å². The Morgan fingerprint density at radius 3 is 2.51 bits per heavy atom. The second-order valence-corrected chi connectivity index (χ2v) is 8.99. The van der Waals surface area contributed by atoms with Gasteiger partial charge in [-0.15, -0.1) is 0 Å². The van der Waals surface area contributed by atoms with Crippen LogP contribution in [0.4, 0.5) is 14.9 Å². The molecule has 0 aliphatic carbocycles. The minimum Gasteiger partial charge on any atom is -0.486 e. The monoisotopic (exact) mass is 541 g/mol. The number of amides is 4. The lowest BCUT2D eigenvalue weighted by Crippen LogP contribution is -2.38. The number of anilines is 1. The van der Waals surface area contributed by atoms with Gasteiger partial charge < -0.3 is 15.4 Å². The van der Waals surface area contributed by atoms with Crippen LogP contribution in [0.1, 0.15) is 23.6 Å². The van der Waals surface area contributed by atoms with Gasteiger partial charge in [-0.3, -0.25) is 9.59 Å². The lowest BCUT2D eigenvalue weighted by Gasteiger charge is -2.13. The fourth-order valence-electron chi connectivity index (χ4n) is 3.75. The van der Waals surface area contributed by atoms with Crippen LogP contribution >= 0.6 is 23.2 Å². The largest absolute Gasteiger partial charge is 0.486 e. The number of carbonyl (C=O) groups excluding carboxylic acids is 3. The normalized spacial score (nSPS) is 14.2. The first-order chi connectivity index (χ1) is 17.7. The molecule has 3 aromatic carbocycles. The molecule has 0 unspecified atom stereocenters. The fourth-order valence-corrected chi connectivity index (χ4v) is 4.36. The van der Waals surface area contributed by atoms with Crippen molar-refractivity contribution < 1.29 is 23.5 Å². The molecule has 1 heterocycles. The number of hydrogen-bond acceptors (Lipinski definition) is 4. The van der Waals surface area contributed by atoms with Crippen molar-refractivity contribution in [1.82, 2.24) is 10.2 Å². The van der Waals surface area contributed by atoms with Gasteiger partial charge in [-0.05, 0) is 59.5 Å². The molecule has 3 aromatic rings. The van der Waals surface area contributed by atoms with Gasteiger partial charge >= 0.3 is 6.03 Å². The van der Waals surface area contributed by atoms with Crippen molar-refractivity contribution in [2.45, 2.75) is 20.0 Å². The summed E-state index contributed by atoms with van der Waals surface area (Å²) in [6.07, 6.45) is 2.12. The second-order valence-electron chi connectivity index (χ2n) is 8.17. The SMILES string of the molecule is CCc1ccccc1NC(=O)CN1C(=O)N/C(=C/c2cc(Cl)c(OCc3cccc(F)c3)c(Cl)c2)C1=O. The summed E-state index contributed by atoms with van der Waals surface area (Å²) in [4.78, 5) is 38.6. The first-order valence-corrected chi connectivity index (χ1v) is 12.1. The Hall–Kier alpha value is -3.88. The minimum atomic E-state index is -0.720. The average Bonchev–Trinajstić information content (AvgIpc) is 3.11. The molecule has 2 N–H and O–H groups in total. The van der Waals surface area contributed by atoms with E-state index in [2.05, 4.69) is 10.6 Å². The van der Waals surface area contributed by atoms with Crippen molar-refractivity contribution >= 4 is 52.8 Å². The summed E-state index contributed by atoms with van der Waals surface area (Å²) in [5, 5.41) is 5.54. The zero-order valence-corrected chi connectivity index (χ0v) is 21.2. The van der Waals surface area contributed by atoms with Crippen molar-refractivity contribution in [3.63, 3.8) is 0 Å². The van der Waals surface area contributed by atoms with Crippen molar-refractivity contribution in [2.75, 3.05) is 11.9 Å². The number of ether oxygens (including phenoxy) is 1. The fraction of sp³-hybridized carbons (Fsp3) is 0.148. The summed E-state index contributed by atoms with van der Waals surface area (Å²) < 4.78 is 19.0. The van der Waals surface area contributed by atoms with Gasteiger partial charge in [0.15, 0.2) is 5.75 Å². The Morgan fingerprint density at radius 1 is 1.08 bits per heavy atom. The van der Waals surface area contributed by atoms with Gasteiger partial charge in [-0.1, -0.05) is 60.5 Å². The van der Waals surface area contributed by atoms with E-state index in [4.69, 9.17) is 27.9 Å². The van der Waals surface area contributed by atoms with Crippen LogP contribution in [-0.4, -0.2) is 29.3 Å². The number of nitrogens with zero attached hydrogens (tertiary/aromatic N) is 1. The Labute approximate surface area is 222 Å². The van der Waals surface area contributed by atoms with Crippen LogP contribution in [0.2, 0.25) is 10.0 Å². The summed E-state index contributed by atoms with van der Waals surface area (Å²) in [5.41, 5.74) is 2.56. The summed E-state index contributed by atoms with van der Waals surface area (Å²) in [6.45, 7) is 1.56. The predicted molar refractivity (Wildman–Crippen MR) is 140 cm³/mol. The number of halogens is 3. The summed E-state index contributed by atoms with van der Waals surface area (Å²) in [5.74, 6) is -1.36. The smallest absolute Gasteiger partial charge is 0.329 e. The molecule has 1 aliphatic rings. The molecule has 1 aliphatic heterocycles. The highest BCUT2D eigenvalue weighted by molar-refractivity contribution is 6.37. The van der Waals surface area contributed by atoms with E-state index in [-0.39, 0.29) is 33.9 Å². The van der Waals surface area contributed by atoms with Crippen molar-refractivity contribution in [2.24, 2.45) is 0 Å². The zero-order valence-electron chi connectivity index (χ0n) is 19.7. The first-order valence-electron chi connectivity index (χ1n) is 11.3. The topological polar surface area (TPSA) is 87.7 Å². The maximum Gasteiger partial charge on any atom is 0.329 e. The lowest BCUT2D eigenvalue weighted by atomic mass is 10.1. The Bertz CT molecular complexity index is 1390. The molecule has 37 heavy (non-hydrogen) atoms. The van der Waals surface area contributed by atoms with Crippen LogP contribution < -0.4 is 15.4 Å². The van der Waals surface area contributed by atoms with E-state index in [1.165, 1.54) is 30.3 Å². The van der Waals surface area contributed by atoms with Crippen LogP contribution in [-0.2, 0) is 22.6 Å². The number of imide groups is 1. The van der Waals surface area contributed by atoms with E-state index in [9.17, 15) is 18.8 Å². The third-order valence-corrected chi connectivity index (χ3v) is 6.10. The Morgan fingerprint density at radius 2 is 1.81 bits per heavy atom. The number of rotatable bonds is 8. The maximum atomic E-state index is 13.4. The summed E-state index contributed by atoms with van der Waals surface area (Å²) in [7, 11) is 0. The number of aryl methyl sites for hydroxylation is 1. The third kappa shape index (κ3) is 6.28. The van der Waals surface area contributed by atoms with E-state index >= 15 is 0 Å². The van der Waals surface area contributed by atoms with Gasteiger partial charge in [0.1, 0.15) is 24.7 Å². The van der Waals surface area contributed by atoms with Gasteiger partial charge in [0.05, 0.1) is 10.0 Å². The predicted octanol–water partition coefficient (Wildman–Crippen LogP) is 5.81. The molecule has 0 aromatic heterocycles. The van der Waals surface area contributed by atoms with Crippen molar-refractivity contribution in [1.29, 1.82) is 0 Å². The number of para-hydroxylation sites is 1. The van der Waals surface area contributed by atoms with E-state index < -0.39 is 24.4 Å². The highest BCUT2D eigenvalue weighted by Crippen LogP contribution is 2.35. The molecule has 0 atom stereocenters. The molecule has 0 saturated carbocycles. The molecule has 4 amide bonds. The number of carbonyl (C=O) groups is 3. The number of benzene rings is 3. The van der Waals surface area contributed by atoms with Gasteiger partial charge in [-0.2, -0.15) is 0 Å². The second kappa shape index (κ2) is 11.5. The number of nitrogens with one attached hydrogen (secondary N) is 2. The third-order valence-electron chi connectivity index (χ3n) is 5.54. The van der Waals surface area contributed by atoms with Gasteiger partial charge in [0.25, 0.3) is 5.91 Å². The molecular weight excluding hydrogens is 520 g/mol. The van der Waals surface area contributed by atoms with E-state index in [1.807, 2.05) is 19.1 Å². The molecule has 0 bridgehead atoms. The molecular formula is C27H22Cl2FN3O4. The van der Waals surface area contributed by atoms with Crippen LogP contribution in [0.3, 0.4) is 0 Å². The molecule has 1 saturated heterocycles. The standard InChI is InChI=1S/C27H22Cl2FN3O4/c1-2-18-7-3-4-9-22(18)31-24(34)14-33-26(35)23(32-27(33)36)13-17-11-20(28)25(21(29)12-17)37-15-16-6-5-8-19(30)10-16/h3-13H,2,14-15H2,1H3,(H,31,34)(H,32,36)/b23-13+. The number of urea groups is 1. The summed E-state index contributed by atoms with van der Waals surface area (Å²) >= 11 is 12.7. The van der Waals surface area contributed by atoms with E-state index in [1.54, 1.807) is 24.3 Å². The van der Waals surface area contributed by atoms with Crippen LogP contribution in [0, 0.1) is 5.82 Å². The first kappa shape index (κ1) is 26.2. The van der Waals surface area contributed by atoms with Crippen molar-refractivity contribution in [3.8, 4) is 5.75 Å². The average molecular weight is 542 g/mol. The highest BCUT2D eigenvalue weighted by Gasteiger charge is 2.35. The quantitative estimate of drug-likeness (QED) is 0.278. The van der Waals surface area contributed by atoms with E-state index in [0.717, 1.165) is 10.5 Å². The van der Waals surface area contributed by atoms with Gasteiger partial charge in [-0.25, -0.2) is 14.1 Å². The molecule has 1 fully saturated rings. The summed E-state index contributed by atoms with van der Waals surface area (Å²) in [6, 6.07) is 15.5. The van der Waals surface area contributed by atoms with E-state index in [0.29, 0.717) is 23.2 Å². The molecule has 10 heteroatoms. The molecule has 0 spiro atoms. The van der Waals surface area contributed by atoms with Gasteiger partial charge in [0.2, 0.25) is 5.91 Å². The molecule has 7 nitrogen and oxygen atoms in total. The van der Waals surface area contributed by atoms with Crippen LogP contribution in [0.15, 0.2) is 66.4 Å².